The molecule has 0 heterocycles. The van der Waals surface area contributed by atoms with Gasteiger partial charge in [0.05, 0.1) is 5.69 Å². The first-order chi connectivity index (χ1) is 8.97. The van der Waals surface area contributed by atoms with Crippen LogP contribution in [0.5, 0.6) is 0 Å². The Morgan fingerprint density at radius 1 is 1.16 bits per heavy atom. The van der Waals surface area contributed by atoms with E-state index in [-0.39, 0.29) is 0 Å². The van der Waals surface area contributed by atoms with E-state index in [1.165, 1.54) is 0 Å². The highest BCUT2D eigenvalue weighted by Gasteiger charge is 2.16. The summed E-state index contributed by atoms with van der Waals surface area (Å²) in [7, 11) is 2.30. The van der Waals surface area contributed by atoms with Crippen LogP contribution in [0.25, 0.3) is 0 Å². The summed E-state index contributed by atoms with van der Waals surface area (Å²) in [6, 6.07) is 6.89. The van der Waals surface area contributed by atoms with Gasteiger partial charge in [-0.1, -0.05) is 12.1 Å². The number of benzene rings is 1. The second kappa shape index (κ2) is 7.47. The zero-order chi connectivity index (χ0) is 14.3. The van der Waals surface area contributed by atoms with Crippen molar-refractivity contribution in [3.05, 3.63) is 24.3 Å². The third kappa shape index (κ3) is 5.18. The summed E-state index contributed by atoms with van der Waals surface area (Å²) in [6.07, 6.45) is 1.81. The molecule has 0 aliphatic carbocycles. The van der Waals surface area contributed by atoms with E-state index < -0.39 is 10.0 Å². The van der Waals surface area contributed by atoms with Crippen molar-refractivity contribution in [2.24, 2.45) is 0 Å². The van der Waals surface area contributed by atoms with Gasteiger partial charge in [0.1, 0.15) is 4.90 Å². The Morgan fingerprint density at radius 3 is 2.47 bits per heavy atom. The van der Waals surface area contributed by atoms with Crippen molar-refractivity contribution in [3.8, 4) is 0 Å². The van der Waals surface area contributed by atoms with Crippen LogP contribution in [-0.4, -0.2) is 47.6 Å². The zero-order valence-corrected chi connectivity index (χ0v) is 12.6. The molecular formula is C13H23N3O2S. The Balaban J connectivity index is 2.56. The van der Waals surface area contributed by atoms with Crippen LogP contribution in [0.2, 0.25) is 0 Å². The molecule has 0 aliphatic heterocycles. The molecule has 0 bridgehead atoms. The number of hydrogen-bond donors (Lipinski definition) is 2. The van der Waals surface area contributed by atoms with Crippen molar-refractivity contribution >= 4 is 15.7 Å². The quantitative estimate of drug-likeness (QED) is 0.708. The van der Waals surface area contributed by atoms with Crippen LogP contribution in [0.3, 0.4) is 0 Å². The molecule has 2 N–H and O–H groups in total. The molecule has 0 saturated heterocycles. The van der Waals surface area contributed by atoms with Gasteiger partial charge in [0, 0.05) is 13.6 Å². The lowest BCUT2D eigenvalue weighted by Crippen LogP contribution is -2.26. The van der Waals surface area contributed by atoms with Gasteiger partial charge in [-0.05, 0) is 45.6 Å². The van der Waals surface area contributed by atoms with Crippen LogP contribution in [0.1, 0.15) is 12.8 Å². The monoisotopic (exact) mass is 285 g/mol. The number of para-hydroxylation sites is 1. The molecule has 0 atom stereocenters. The van der Waals surface area contributed by atoms with Crippen molar-refractivity contribution in [1.29, 1.82) is 0 Å². The number of nitrogens with zero attached hydrogens (tertiary/aromatic N) is 1. The topological polar surface area (TPSA) is 61.4 Å². The Morgan fingerprint density at radius 2 is 1.84 bits per heavy atom. The highest BCUT2D eigenvalue weighted by Crippen LogP contribution is 2.19. The summed E-state index contributed by atoms with van der Waals surface area (Å²) < 4.78 is 26.9. The van der Waals surface area contributed by atoms with Crippen LogP contribution >= 0.6 is 0 Å². The fourth-order valence-electron chi connectivity index (χ4n) is 1.74. The van der Waals surface area contributed by atoms with Gasteiger partial charge in [0.25, 0.3) is 0 Å². The normalized spacial score (nSPS) is 11.8. The molecule has 1 aromatic carbocycles. The van der Waals surface area contributed by atoms with E-state index in [0.29, 0.717) is 17.1 Å². The van der Waals surface area contributed by atoms with Crippen LogP contribution < -0.4 is 10.0 Å². The third-order valence-corrected chi connectivity index (χ3v) is 4.29. The fraction of sp³-hybridized carbons (Fsp3) is 0.538. The van der Waals surface area contributed by atoms with E-state index in [2.05, 4.69) is 14.9 Å². The number of hydrogen-bond acceptors (Lipinski definition) is 4. The molecule has 0 spiro atoms. The summed E-state index contributed by atoms with van der Waals surface area (Å²) in [5, 5.41) is 2.89. The molecule has 1 rings (SSSR count). The average Bonchev–Trinajstić information content (AvgIpc) is 2.37. The predicted molar refractivity (Wildman–Crippen MR) is 79.0 cm³/mol. The Hall–Kier alpha value is -1.11. The van der Waals surface area contributed by atoms with Gasteiger partial charge in [0.15, 0.2) is 0 Å². The summed E-state index contributed by atoms with van der Waals surface area (Å²) >= 11 is 0. The van der Waals surface area contributed by atoms with Gasteiger partial charge >= 0.3 is 0 Å². The third-order valence-electron chi connectivity index (χ3n) is 2.77. The molecule has 0 saturated carbocycles. The van der Waals surface area contributed by atoms with E-state index >= 15 is 0 Å². The smallest absolute Gasteiger partial charge is 0.242 e. The lowest BCUT2D eigenvalue weighted by Gasteiger charge is -2.12. The zero-order valence-electron chi connectivity index (χ0n) is 11.8. The summed E-state index contributed by atoms with van der Waals surface area (Å²) in [4.78, 5) is 2.38. The maximum Gasteiger partial charge on any atom is 0.242 e. The first-order valence-corrected chi connectivity index (χ1v) is 7.87. The van der Waals surface area contributed by atoms with Gasteiger partial charge in [0.2, 0.25) is 10.0 Å². The Kier molecular flexibility index (Phi) is 6.27. The molecule has 0 amide bonds. The highest BCUT2D eigenvalue weighted by molar-refractivity contribution is 7.89. The molecule has 0 aromatic heterocycles. The molecule has 0 radical (unpaired) electrons. The first-order valence-electron chi connectivity index (χ1n) is 6.38. The molecule has 19 heavy (non-hydrogen) atoms. The summed E-state index contributed by atoms with van der Waals surface area (Å²) in [5.74, 6) is 0. The minimum Gasteiger partial charge on any atom is -0.387 e. The van der Waals surface area contributed by atoms with Crippen molar-refractivity contribution < 1.29 is 8.42 Å². The molecule has 1 aromatic rings. The summed E-state index contributed by atoms with van der Waals surface area (Å²) in [5.41, 5.74) is 0.614. The van der Waals surface area contributed by atoms with Gasteiger partial charge in [-0.25, -0.2) is 13.1 Å². The SMILES string of the molecule is CNc1ccccc1S(=O)(=O)NCCCCN(C)C. The largest absolute Gasteiger partial charge is 0.387 e. The van der Waals surface area contributed by atoms with E-state index in [0.717, 1.165) is 19.4 Å². The van der Waals surface area contributed by atoms with Crippen molar-refractivity contribution in [3.63, 3.8) is 0 Å². The van der Waals surface area contributed by atoms with E-state index in [9.17, 15) is 8.42 Å². The van der Waals surface area contributed by atoms with Crippen molar-refractivity contribution in [2.45, 2.75) is 17.7 Å². The van der Waals surface area contributed by atoms with E-state index in [4.69, 9.17) is 0 Å². The average molecular weight is 285 g/mol. The number of unbranched alkanes of at least 4 members (excludes halogenated alkanes) is 1. The number of anilines is 1. The molecule has 5 nitrogen and oxygen atoms in total. The summed E-state index contributed by atoms with van der Waals surface area (Å²) in [6.45, 7) is 1.43. The minimum absolute atomic E-state index is 0.296. The van der Waals surface area contributed by atoms with Crippen LogP contribution in [0, 0.1) is 0 Å². The van der Waals surface area contributed by atoms with Crippen LogP contribution in [-0.2, 0) is 10.0 Å². The van der Waals surface area contributed by atoms with E-state index in [1.54, 1.807) is 25.2 Å². The molecule has 0 unspecified atom stereocenters. The Labute approximate surface area is 116 Å². The standard InChI is InChI=1S/C13H23N3O2S/c1-14-12-8-4-5-9-13(12)19(17,18)15-10-6-7-11-16(2)3/h4-5,8-9,14-15H,6-7,10-11H2,1-3H3. The number of nitrogens with one attached hydrogen (secondary N) is 2. The lowest BCUT2D eigenvalue weighted by molar-refractivity contribution is 0.394. The molecule has 6 heteroatoms. The maximum absolute atomic E-state index is 12.1. The van der Waals surface area contributed by atoms with Crippen molar-refractivity contribution in [2.75, 3.05) is 39.5 Å². The van der Waals surface area contributed by atoms with Gasteiger partial charge in [-0.2, -0.15) is 0 Å². The second-order valence-electron chi connectivity index (χ2n) is 4.65. The van der Waals surface area contributed by atoms with E-state index in [1.807, 2.05) is 20.2 Å². The minimum atomic E-state index is -3.43. The maximum atomic E-state index is 12.1. The Bertz CT molecular complexity index is 486. The van der Waals surface area contributed by atoms with Crippen LogP contribution in [0.15, 0.2) is 29.2 Å². The van der Waals surface area contributed by atoms with Gasteiger partial charge in [-0.3, -0.25) is 0 Å². The molecule has 0 aliphatic rings. The fourth-order valence-corrected chi connectivity index (χ4v) is 3.03. The van der Waals surface area contributed by atoms with Gasteiger partial charge < -0.3 is 10.2 Å². The van der Waals surface area contributed by atoms with Crippen LogP contribution in [0.4, 0.5) is 5.69 Å². The highest BCUT2D eigenvalue weighted by atomic mass is 32.2. The number of sulfonamides is 1. The van der Waals surface area contributed by atoms with Gasteiger partial charge in [-0.15, -0.1) is 0 Å². The lowest BCUT2D eigenvalue weighted by atomic mass is 10.3. The number of rotatable bonds is 8. The second-order valence-corrected chi connectivity index (χ2v) is 6.39. The predicted octanol–water partition coefficient (Wildman–Crippen LogP) is 1.35. The molecule has 0 fully saturated rings. The first kappa shape index (κ1) is 15.9. The van der Waals surface area contributed by atoms with Crippen molar-refractivity contribution in [1.82, 2.24) is 9.62 Å². The molecule has 108 valence electrons. The molecular weight excluding hydrogens is 262 g/mol.